The fourth-order valence-electron chi connectivity index (χ4n) is 2.39. The first-order valence-electron chi connectivity index (χ1n) is 7.28. The van der Waals surface area contributed by atoms with E-state index in [2.05, 4.69) is 9.97 Å². The Bertz CT molecular complexity index is 951. The quantitative estimate of drug-likeness (QED) is 0.568. The van der Waals surface area contributed by atoms with Crippen LogP contribution in [0.15, 0.2) is 35.8 Å². The van der Waals surface area contributed by atoms with E-state index in [9.17, 15) is 14.9 Å². The highest BCUT2D eigenvalue weighted by molar-refractivity contribution is 7.10. The number of ketones is 1. The van der Waals surface area contributed by atoms with Crippen molar-refractivity contribution < 1.29 is 14.3 Å². The van der Waals surface area contributed by atoms with Crippen LogP contribution < -0.4 is 0 Å². The summed E-state index contributed by atoms with van der Waals surface area (Å²) in [6.07, 6.45) is 1.74. The predicted octanol–water partition coefficient (Wildman–Crippen LogP) is 3.29. The Balaban J connectivity index is 1.95. The van der Waals surface area contributed by atoms with Gasteiger partial charge in [-0.05, 0) is 19.1 Å². The maximum Gasteiger partial charge on any atom is 0.357 e. The molecule has 1 unspecified atom stereocenters. The number of carbonyl (C=O) groups is 2. The number of aromatic amines is 1. The summed E-state index contributed by atoms with van der Waals surface area (Å²) in [5, 5.41) is 12.1. The van der Waals surface area contributed by atoms with Crippen LogP contribution in [0, 0.1) is 11.3 Å². The van der Waals surface area contributed by atoms with Gasteiger partial charge in [-0.25, -0.2) is 9.78 Å². The van der Waals surface area contributed by atoms with Gasteiger partial charge in [-0.15, -0.1) is 11.3 Å². The third-order valence-corrected chi connectivity index (χ3v) is 4.41. The van der Waals surface area contributed by atoms with Crippen molar-refractivity contribution in [3.05, 3.63) is 52.1 Å². The smallest absolute Gasteiger partial charge is 0.357 e. The predicted molar refractivity (Wildman–Crippen MR) is 89.1 cm³/mol. The Hall–Kier alpha value is -2.98. The summed E-state index contributed by atoms with van der Waals surface area (Å²) in [5.41, 5.74) is 1.23. The molecule has 120 valence electrons. The minimum atomic E-state index is -1.06. The number of ether oxygens (including phenoxy) is 1. The average Bonchev–Trinajstić information content (AvgIpc) is 3.24. The highest BCUT2D eigenvalue weighted by atomic mass is 32.1. The van der Waals surface area contributed by atoms with Crippen LogP contribution >= 0.6 is 11.3 Å². The van der Waals surface area contributed by atoms with Crippen molar-refractivity contribution in [2.75, 3.05) is 6.61 Å². The Kier molecular flexibility index (Phi) is 4.40. The van der Waals surface area contributed by atoms with Gasteiger partial charge in [0.1, 0.15) is 5.01 Å². The molecule has 0 radical (unpaired) electrons. The van der Waals surface area contributed by atoms with Gasteiger partial charge in [-0.2, -0.15) is 5.26 Å². The van der Waals surface area contributed by atoms with E-state index >= 15 is 0 Å². The van der Waals surface area contributed by atoms with Crippen molar-refractivity contribution in [1.29, 1.82) is 5.26 Å². The molecule has 3 aromatic rings. The van der Waals surface area contributed by atoms with Gasteiger partial charge in [0.05, 0.1) is 18.2 Å². The number of para-hydroxylation sites is 1. The number of hydrogen-bond donors (Lipinski definition) is 1. The first-order valence-corrected chi connectivity index (χ1v) is 8.16. The molecule has 0 aliphatic rings. The van der Waals surface area contributed by atoms with Crippen LogP contribution in [-0.2, 0) is 4.74 Å². The lowest BCUT2D eigenvalue weighted by Crippen LogP contribution is -2.12. The Morgan fingerprint density at radius 3 is 3.00 bits per heavy atom. The van der Waals surface area contributed by atoms with Crippen molar-refractivity contribution in [2.24, 2.45) is 0 Å². The molecule has 2 heterocycles. The zero-order valence-electron chi connectivity index (χ0n) is 12.8. The molecule has 0 saturated heterocycles. The fraction of sp³-hybridized carbons (Fsp3) is 0.176. The Morgan fingerprint density at radius 1 is 1.42 bits per heavy atom. The van der Waals surface area contributed by atoms with Crippen LogP contribution in [0.4, 0.5) is 0 Å². The molecule has 0 spiro atoms. The van der Waals surface area contributed by atoms with Crippen LogP contribution in [0.3, 0.4) is 0 Å². The zero-order chi connectivity index (χ0) is 17.1. The number of Topliss-reactive ketones (excluding diaryl/α,β-unsaturated/α-hetero) is 1. The molecule has 0 aliphatic heterocycles. The number of rotatable bonds is 5. The summed E-state index contributed by atoms with van der Waals surface area (Å²) in [4.78, 5) is 31.6. The van der Waals surface area contributed by atoms with E-state index in [1.807, 2.05) is 18.2 Å². The molecular formula is C17H13N3O3S. The second kappa shape index (κ2) is 6.64. The minimum absolute atomic E-state index is 0.114. The number of esters is 1. The molecule has 1 aromatic carbocycles. The number of H-pyrrole nitrogens is 1. The van der Waals surface area contributed by atoms with Gasteiger partial charge in [0, 0.05) is 22.5 Å². The van der Waals surface area contributed by atoms with Crippen LogP contribution in [-0.4, -0.2) is 28.3 Å². The van der Waals surface area contributed by atoms with Crippen LogP contribution in [0.5, 0.6) is 0 Å². The van der Waals surface area contributed by atoms with Crippen molar-refractivity contribution >= 4 is 34.0 Å². The molecule has 0 saturated carbocycles. The summed E-state index contributed by atoms with van der Waals surface area (Å²) in [6.45, 7) is 1.94. The molecule has 0 amide bonds. The minimum Gasteiger partial charge on any atom is -0.461 e. The summed E-state index contributed by atoms with van der Waals surface area (Å²) in [6, 6.07) is 9.17. The number of thiazole rings is 1. The Labute approximate surface area is 141 Å². The summed E-state index contributed by atoms with van der Waals surface area (Å²) >= 11 is 1.10. The number of nitrogens with zero attached hydrogens (tertiary/aromatic N) is 2. The van der Waals surface area contributed by atoms with Crippen molar-refractivity contribution in [1.82, 2.24) is 9.97 Å². The first kappa shape index (κ1) is 15.9. The first-order chi connectivity index (χ1) is 11.7. The van der Waals surface area contributed by atoms with E-state index in [1.165, 1.54) is 5.38 Å². The van der Waals surface area contributed by atoms with E-state index in [-0.39, 0.29) is 23.1 Å². The van der Waals surface area contributed by atoms with Gasteiger partial charge in [0.25, 0.3) is 0 Å². The highest BCUT2D eigenvalue weighted by Crippen LogP contribution is 2.27. The number of nitrogens with one attached hydrogen (secondary N) is 1. The molecule has 7 heteroatoms. The monoisotopic (exact) mass is 339 g/mol. The third-order valence-electron chi connectivity index (χ3n) is 3.50. The lowest BCUT2D eigenvalue weighted by Gasteiger charge is -2.06. The lowest BCUT2D eigenvalue weighted by atomic mass is 9.98. The normalized spacial score (nSPS) is 11.8. The van der Waals surface area contributed by atoms with E-state index < -0.39 is 11.9 Å². The third kappa shape index (κ3) is 2.79. The summed E-state index contributed by atoms with van der Waals surface area (Å²) in [7, 11) is 0. The van der Waals surface area contributed by atoms with Gasteiger partial charge >= 0.3 is 5.97 Å². The lowest BCUT2D eigenvalue weighted by molar-refractivity contribution is 0.0519. The molecule has 0 aliphatic carbocycles. The number of aromatic nitrogens is 2. The number of hydrogen-bond acceptors (Lipinski definition) is 6. The number of benzene rings is 1. The maximum atomic E-state index is 12.8. The van der Waals surface area contributed by atoms with Crippen molar-refractivity contribution in [2.45, 2.75) is 12.8 Å². The van der Waals surface area contributed by atoms with E-state index in [4.69, 9.17) is 4.74 Å². The number of nitriles is 1. The van der Waals surface area contributed by atoms with Crippen molar-refractivity contribution in [3.8, 4) is 6.07 Å². The molecule has 0 bridgehead atoms. The topological polar surface area (TPSA) is 95.8 Å². The van der Waals surface area contributed by atoms with E-state index in [1.54, 1.807) is 25.3 Å². The Morgan fingerprint density at radius 2 is 2.25 bits per heavy atom. The largest absolute Gasteiger partial charge is 0.461 e. The summed E-state index contributed by atoms with van der Waals surface area (Å²) < 4.78 is 4.88. The van der Waals surface area contributed by atoms with E-state index in [0.717, 1.165) is 16.7 Å². The molecular weight excluding hydrogens is 326 g/mol. The van der Waals surface area contributed by atoms with Gasteiger partial charge in [0.15, 0.2) is 17.4 Å². The van der Waals surface area contributed by atoms with Gasteiger partial charge in [-0.1, -0.05) is 12.1 Å². The second-order valence-corrected chi connectivity index (χ2v) is 5.85. The highest BCUT2D eigenvalue weighted by Gasteiger charge is 2.27. The zero-order valence-corrected chi connectivity index (χ0v) is 13.6. The maximum absolute atomic E-state index is 12.8. The molecule has 1 N–H and O–H groups in total. The number of carbonyl (C=O) groups excluding carboxylic acids is 2. The SMILES string of the molecule is CCOC(=O)c1csc(C(C#N)C(=O)c2cccc3cc[nH]c23)n1. The molecule has 0 fully saturated rings. The van der Waals surface area contributed by atoms with E-state index in [0.29, 0.717) is 11.1 Å². The second-order valence-electron chi connectivity index (χ2n) is 4.97. The molecule has 1 atom stereocenters. The molecule has 3 rings (SSSR count). The summed E-state index contributed by atoms with van der Waals surface area (Å²) in [5.74, 6) is -1.97. The van der Waals surface area contributed by atoms with Crippen LogP contribution in [0.2, 0.25) is 0 Å². The van der Waals surface area contributed by atoms with Gasteiger partial charge < -0.3 is 9.72 Å². The van der Waals surface area contributed by atoms with Crippen molar-refractivity contribution in [3.63, 3.8) is 0 Å². The molecule has 6 nitrogen and oxygen atoms in total. The van der Waals surface area contributed by atoms with Gasteiger partial charge in [0.2, 0.25) is 0 Å². The van der Waals surface area contributed by atoms with Gasteiger partial charge in [-0.3, -0.25) is 4.79 Å². The standard InChI is InChI=1S/C17H13N3O3S/c1-2-23-17(22)13-9-24-16(20-13)12(8-18)15(21)11-5-3-4-10-6-7-19-14(10)11/h3-7,9,12,19H,2H2,1H3. The molecule has 24 heavy (non-hydrogen) atoms. The fourth-order valence-corrected chi connectivity index (χ4v) is 3.22. The number of fused-ring (bicyclic) bond motifs is 1. The van der Waals surface area contributed by atoms with Crippen LogP contribution in [0.1, 0.15) is 38.7 Å². The van der Waals surface area contributed by atoms with Crippen LogP contribution in [0.25, 0.3) is 10.9 Å². The molecule has 2 aromatic heterocycles. The average molecular weight is 339 g/mol.